The molecule has 0 radical (unpaired) electrons. The Kier molecular flexibility index (Phi) is 4.76. The third kappa shape index (κ3) is 3.57. The summed E-state index contributed by atoms with van der Waals surface area (Å²) in [4.78, 5) is 0. The Morgan fingerprint density at radius 1 is 1.12 bits per heavy atom. The summed E-state index contributed by atoms with van der Waals surface area (Å²) in [7, 11) is 0. The van der Waals surface area contributed by atoms with Crippen LogP contribution >= 0.6 is 23.4 Å². The maximum atomic E-state index is 6.35. The molecule has 0 amide bonds. The van der Waals surface area contributed by atoms with E-state index in [1.807, 2.05) is 42.5 Å². The summed E-state index contributed by atoms with van der Waals surface area (Å²) in [5.74, 6) is 1.99. The first-order valence-electron chi connectivity index (χ1n) is 7.86. The maximum absolute atomic E-state index is 6.35. The molecule has 0 aliphatic carbocycles. The molecule has 1 aliphatic heterocycles. The lowest BCUT2D eigenvalue weighted by Gasteiger charge is -2.11. The molecule has 0 saturated carbocycles. The summed E-state index contributed by atoms with van der Waals surface area (Å²) in [6, 6.07) is 13.7. The number of nitrogens with zero attached hydrogens (tertiary/aromatic N) is 4. The lowest BCUT2D eigenvalue weighted by Crippen LogP contribution is -1.99. The zero-order valence-corrected chi connectivity index (χ0v) is 14.8. The minimum absolute atomic E-state index is 0.567. The van der Waals surface area contributed by atoms with Gasteiger partial charge in [0.2, 0.25) is 5.16 Å². The van der Waals surface area contributed by atoms with E-state index in [-0.39, 0.29) is 0 Å². The predicted molar refractivity (Wildman–Crippen MR) is 95.8 cm³/mol. The van der Waals surface area contributed by atoms with Crippen LogP contribution in [0.4, 0.5) is 0 Å². The van der Waals surface area contributed by atoms with E-state index in [4.69, 9.17) is 21.1 Å². The van der Waals surface area contributed by atoms with Gasteiger partial charge in [0.1, 0.15) is 0 Å². The lowest BCUT2D eigenvalue weighted by molar-refractivity contribution is 0.297. The summed E-state index contributed by atoms with van der Waals surface area (Å²) in [6.07, 6.45) is 0.848. The summed E-state index contributed by atoms with van der Waals surface area (Å²) in [5, 5.41) is 13.2. The van der Waals surface area contributed by atoms with E-state index in [9.17, 15) is 0 Å². The molecule has 1 aliphatic rings. The zero-order valence-electron chi connectivity index (χ0n) is 13.3. The first kappa shape index (κ1) is 16.2. The van der Waals surface area contributed by atoms with Crippen molar-refractivity contribution in [2.75, 3.05) is 13.2 Å². The highest BCUT2D eigenvalue weighted by Gasteiger charge is 2.16. The second-order valence-electron chi connectivity index (χ2n) is 5.45. The van der Waals surface area contributed by atoms with Crippen LogP contribution in [0.2, 0.25) is 5.02 Å². The zero-order chi connectivity index (χ0) is 17.1. The molecule has 0 saturated heterocycles. The molecule has 6 nitrogen and oxygen atoms in total. The van der Waals surface area contributed by atoms with Gasteiger partial charge in [-0.05, 0) is 40.3 Å². The third-order valence-corrected chi connectivity index (χ3v) is 4.94. The van der Waals surface area contributed by atoms with Crippen molar-refractivity contribution in [2.24, 2.45) is 0 Å². The molecule has 3 aromatic rings. The van der Waals surface area contributed by atoms with E-state index in [0.29, 0.717) is 35.5 Å². The van der Waals surface area contributed by atoms with Gasteiger partial charge in [-0.3, -0.25) is 0 Å². The molecule has 8 heteroatoms. The lowest BCUT2D eigenvalue weighted by atomic mass is 10.2. The van der Waals surface area contributed by atoms with Crippen molar-refractivity contribution in [2.45, 2.75) is 17.3 Å². The second kappa shape index (κ2) is 7.33. The Balaban J connectivity index is 1.54. The third-order valence-electron chi connectivity index (χ3n) is 3.67. The Morgan fingerprint density at radius 3 is 2.84 bits per heavy atom. The number of aromatic nitrogens is 4. The first-order valence-corrected chi connectivity index (χ1v) is 9.22. The Hall–Kier alpha value is -2.25. The minimum Gasteiger partial charge on any atom is -0.489 e. The number of para-hydroxylation sites is 1. The number of tetrazole rings is 1. The summed E-state index contributed by atoms with van der Waals surface area (Å²) >= 11 is 7.89. The number of fused-ring (bicyclic) bond motifs is 1. The maximum Gasteiger partial charge on any atom is 0.214 e. The van der Waals surface area contributed by atoms with Gasteiger partial charge in [-0.2, -0.15) is 4.68 Å². The largest absolute Gasteiger partial charge is 0.489 e. The van der Waals surface area contributed by atoms with Crippen LogP contribution in [0.5, 0.6) is 11.5 Å². The molecule has 0 spiro atoms. The normalized spacial score (nSPS) is 13.5. The van der Waals surface area contributed by atoms with Crippen LogP contribution in [-0.2, 0) is 5.75 Å². The average Bonchev–Trinajstić information content (AvgIpc) is 2.98. The number of thioether (sulfide) groups is 1. The fourth-order valence-corrected chi connectivity index (χ4v) is 3.62. The topological polar surface area (TPSA) is 62.1 Å². The van der Waals surface area contributed by atoms with Crippen molar-refractivity contribution < 1.29 is 9.47 Å². The van der Waals surface area contributed by atoms with Crippen molar-refractivity contribution in [1.29, 1.82) is 0 Å². The molecule has 1 aromatic heterocycles. The molecule has 0 bridgehead atoms. The van der Waals surface area contributed by atoms with Gasteiger partial charge in [0, 0.05) is 12.2 Å². The van der Waals surface area contributed by atoms with Crippen LogP contribution < -0.4 is 9.47 Å². The fraction of sp³-hybridized carbons (Fsp3) is 0.235. The first-order chi connectivity index (χ1) is 12.3. The van der Waals surface area contributed by atoms with Gasteiger partial charge in [0.15, 0.2) is 11.5 Å². The molecule has 0 fully saturated rings. The number of hydrogen-bond acceptors (Lipinski definition) is 6. The highest BCUT2D eigenvalue weighted by molar-refractivity contribution is 7.98. The molecule has 0 atom stereocenters. The predicted octanol–water partition coefficient (Wildman–Crippen LogP) is 3.77. The minimum atomic E-state index is 0.567. The molecular weight excluding hydrogens is 360 g/mol. The van der Waals surface area contributed by atoms with Gasteiger partial charge in [-0.25, -0.2) is 0 Å². The van der Waals surface area contributed by atoms with Gasteiger partial charge in [-0.1, -0.05) is 41.6 Å². The van der Waals surface area contributed by atoms with E-state index in [1.165, 1.54) is 11.8 Å². The van der Waals surface area contributed by atoms with Gasteiger partial charge < -0.3 is 9.47 Å². The highest BCUT2D eigenvalue weighted by atomic mass is 35.5. The number of hydrogen-bond donors (Lipinski definition) is 0. The van der Waals surface area contributed by atoms with Crippen molar-refractivity contribution in [1.82, 2.24) is 20.2 Å². The number of ether oxygens (including phenoxy) is 2. The second-order valence-corrected chi connectivity index (χ2v) is 6.80. The van der Waals surface area contributed by atoms with Crippen LogP contribution in [0.3, 0.4) is 0 Å². The van der Waals surface area contributed by atoms with Crippen LogP contribution in [0.1, 0.15) is 12.0 Å². The summed E-state index contributed by atoms with van der Waals surface area (Å²) in [5.41, 5.74) is 1.95. The van der Waals surface area contributed by atoms with E-state index in [1.54, 1.807) is 4.68 Å². The molecule has 4 rings (SSSR count). The molecule has 2 aromatic carbocycles. The highest BCUT2D eigenvalue weighted by Crippen LogP contribution is 2.39. The van der Waals surface area contributed by atoms with Crippen LogP contribution in [0, 0.1) is 0 Å². The molecule has 25 heavy (non-hydrogen) atoms. The van der Waals surface area contributed by atoms with E-state index >= 15 is 0 Å². The smallest absolute Gasteiger partial charge is 0.214 e. The Bertz CT molecular complexity index is 872. The van der Waals surface area contributed by atoms with Gasteiger partial charge in [0.25, 0.3) is 0 Å². The standard InChI is InChI=1S/C17H15ClN4O2S/c18-14-9-12(10-15-16(14)24-8-4-7-23-15)11-25-17-19-20-21-22(17)13-5-2-1-3-6-13/h1-3,5-6,9-10H,4,7-8,11H2. The quantitative estimate of drug-likeness (QED) is 0.648. The van der Waals surface area contributed by atoms with Crippen molar-refractivity contribution in [3.63, 3.8) is 0 Å². The van der Waals surface area contributed by atoms with E-state index in [0.717, 1.165) is 22.8 Å². The van der Waals surface area contributed by atoms with E-state index < -0.39 is 0 Å². The van der Waals surface area contributed by atoms with Crippen LogP contribution in [0.25, 0.3) is 5.69 Å². The number of rotatable bonds is 4. The van der Waals surface area contributed by atoms with Crippen molar-refractivity contribution >= 4 is 23.4 Å². The van der Waals surface area contributed by atoms with Crippen molar-refractivity contribution in [3.05, 3.63) is 53.1 Å². The average molecular weight is 375 g/mol. The summed E-state index contributed by atoms with van der Waals surface area (Å²) in [6.45, 7) is 1.25. The van der Waals surface area contributed by atoms with E-state index in [2.05, 4.69) is 15.5 Å². The Morgan fingerprint density at radius 2 is 1.96 bits per heavy atom. The van der Waals surface area contributed by atoms with Crippen molar-refractivity contribution in [3.8, 4) is 17.2 Å². The van der Waals surface area contributed by atoms with Gasteiger partial charge in [-0.15, -0.1) is 5.10 Å². The summed E-state index contributed by atoms with van der Waals surface area (Å²) < 4.78 is 13.1. The Labute approximate surface area is 154 Å². The monoisotopic (exact) mass is 374 g/mol. The molecule has 2 heterocycles. The fourth-order valence-electron chi connectivity index (χ4n) is 2.52. The molecule has 128 valence electrons. The van der Waals surface area contributed by atoms with Crippen LogP contribution in [-0.4, -0.2) is 33.4 Å². The van der Waals surface area contributed by atoms with Gasteiger partial charge in [0.05, 0.1) is 23.9 Å². The molecule has 0 unspecified atom stereocenters. The van der Waals surface area contributed by atoms with Crippen LogP contribution in [0.15, 0.2) is 47.6 Å². The van der Waals surface area contributed by atoms with Gasteiger partial charge >= 0.3 is 0 Å². The molecular formula is C17H15ClN4O2S. The SMILES string of the molecule is Clc1cc(CSc2nnnn2-c2ccccc2)cc2c1OCCCO2. The number of halogens is 1. The number of benzene rings is 2. The molecule has 0 N–H and O–H groups in total.